The third-order valence-electron chi connectivity index (χ3n) is 3.88. The highest BCUT2D eigenvalue weighted by molar-refractivity contribution is 5.49. The monoisotopic (exact) mass is 202 g/mol. The normalized spacial score (nSPS) is 18.3. The Morgan fingerprint density at radius 1 is 1.20 bits per heavy atom. The van der Waals surface area contributed by atoms with E-state index in [9.17, 15) is 0 Å². The van der Waals surface area contributed by atoms with Gasteiger partial charge in [0.15, 0.2) is 0 Å². The molecule has 15 heavy (non-hydrogen) atoms. The molecule has 1 aromatic carbocycles. The van der Waals surface area contributed by atoms with Crippen molar-refractivity contribution in [1.82, 2.24) is 0 Å². The first-order valence-corrected chi connectivity index (χ1v) is 6.06. The number of rotatable bonds is 1. The van der Waals surface area contributed by atoms with Crippen molar-refractivity contribution in [3.8, 4) is 0 Å². The van der Waals surface area contributed by atoms with Gasteiger partial charge in [-0.2, -0.15) is 0 Å². The van der Waals surface area contributed by atoms with Gasteiger partial charge in [-0.15, -0.1) is 0 Å². The Morgan fingerprint density at radius 3 is 2.47 bits per heavy atom. The maximum atomic E-state index is 2.39. The van der Waals surface area contributed by atoms with Crippen LogP contribution in [-0.2, 0) is 11.8 Å². The smallest absolute Gasteiger partial charge is 0.00947 e. The van der Waals surface area contributed by atoms with Crippen molar-refractivity contribution in [2.24, 2.45) is 0 Å². The Balaban J connectivity index is 2.67. The number of aryl methyl sites for hydroxylation is 1. The van der Waals surface area contributed by atoms with Gasteiger partial charge in [0.1, 0.15) is 0 Å². The summed E-state index contributed by atoms with van der Waals surface area (Å²) in [5.41, 5.74) is 6.72. The van der Waals surface area contributed by atoms with Crippen LogP contribution in [0.1, 0.15) is 62.3 Å². The second-order valence-electron chi connectivity index (χ2n) is 5.86. The molecule has 0 saturated heterocycles. The van der Waals surface area contributed by atoms with Gasteiger partial charge < -0.3 is 0 Å². The Kier molecular flexibility index (Phi) is 2.41. The van der Waals surface area contributed by atoms with E-state index < -0.39 is 0 Å². The average molecular weight is 202 g/mol. The zero-order valence-corrected chi connectivity index (χ0v) is 10.6. The lowest BCUT2D eigenvalue weighted by molar-refractivity contribution is 0.515. The molecular formula is C15H22. The zero-order valence-electron chi connectivity index (χ0n) is 10.6. The van der Waals surface area contributed by atoms with Crippen molar-refractivity contribution in [3.05, 3.63) is 34.4 Å². The number of hydrogen-bond acceptors (Lipinski definition) is 0. The van der Waals surface area contributed by atoms with Gasteiger partial charge >= 0.3 is 0 Å². The summed E-state index contributed by atoms with van der Waals surface area (Å²) in [6, 6.07) is 4.64. The summed E-state index contributed by atoms with van der Waals surface area (Å²) >= 11 is 0. The molecule has 0 amide bonds. The van der Waals surface area contributed by atoms with Crippen molar-refractivity contribution in [2.45, 2.75) is 58.8 Å². The van der Waals surface area contributed by atoms with Gasteiger partial charge in [0.2, 0.25) is 0 Å². The zero-order chi connectivity index (χ0) is 11.2. The van der Waals surface area contributed by atoms with Crippen LogP contribution in [0.25, 0.3) is 0 Å². The van der Waals surface area contributed by atoms with Crippen LogP contribution in [0.15, 0.2) is 12.1 Å². The van der Waals surface area contributed by atoms with Crippen molar-refractivity contribution in [2.75, 3.05) is 0 Å². The number of benzene rings is 1. The molecule has 2 rings (SSSR count). The molecule has 82 valence electrons. The van der Waals surface area contributed by atoms with Crippen molar-refractivity contribution < 1.29 is 0 Å². The van der Waals surface area contributed by atoms with Crippen LogP contribution in [0.2, 0.25) is 0 Å². The van der Waals surface area contributed by atoms with Crippen molar-refractivity contribution in [3.63, 3.8) is 0 Å². The Bertz CT molecular complexity index is 383. The van der Waals surface area contributed by atoms with Crippen molar-refractivity contribution in [1.29, 1.82) is 0 Å². The maximum Gasteiger partial charge on any atom is -0.00947 e. The van der Waals surface area contributed by atoms with Crippen LogP contribution in [0.5, 0.6) is 0 Å². The highest BCUT2D eigenvalue weighted by Crippen LogP contribution is 2.43. The van der Waals surface area contributed by atoms with Crippen LogP contribution >= 0.6 is 0 Å². The van der Waals surface area contributed by atoms with Crippen molar-refractivity contribution >= 4 is 0 Å². The van der Waals surface area contributed by atoms with E-state index in [0.717, 1.165) is 0 Å². The van der Waals surface area contributed by atoms with E-state index in [1.54, 1.807) is 16.7 Å². The second-order valence-corrected chi connectivity index (χ2v) is 5.86. The molecule has 0 aliphatic heterocycles. The largest absolute Gasteiger partial charge is 0.0587 e. The van der Waals surface area contributed by atoms with Crippen LogP contribution < -0.4 is 0 Å². The Labute approximate surface area is 93.7 Å². The van der Waals surface area contributed by atoms with E-state index in [0.29, 0.717) is 11.3 Å². The molecule has 0 heterocycles. The fraction of sp³-hybridized carbons (Fsp3) is 0.600. The van der Waals surface area contributed by atoms with Gasteiger partial charge in [-0.05, 0) is 53.4 Å². The van der Waals surface area contributed by atoms with E-state index in [-0.39, 0.29) is 0 Å². The molecule has 0 unspecified atom stereocenters. The van der Waals surface area contributed by atoms with Crippen LogP contribution in [0.3, 0.4) is 0 Å². The van der Waals surface area contributed by atoms with Gasteiger partial charge in [-0.1, -0.05) is 39.8 Å². The summed E-state index contributed by atoms with van der Waals surface area (Å²) in [5.74, 6) is 0.650. The SMILES string of the molecule is Cc1ccc(C(C)C)c2c1CCC2(C)C. The highest BCUT2D eigenvalue weighted by Gasteiger charge is 2.33. The van der Waals surface area contributed by atoms with Crippen LogP contribution in [0.4, 0.5) is 0 Å². The summed E-state index contributed by atoms with van der Waals surface area (Å²) in [6.07, 6.45) is 2.58. The molecule has 0 spiro atoms. The van der Waals surface area contributed by atoms with Gasteiger partial charge in [0, 0.05) is 0 Å². The van der Waals surface area contributed by atoms with E-state index in [1.807, 2.05) is 0 Å². The van der Waals surface area contributed by atoms with E-state index in [1.165, 1.54) is 18.4 Å². The molecule has 0 heteroatoms. The first kappa shape index (κ1) is 10.7. The maximum absolute atomic E-state index is 2.39. The molecule has 1 aliphatic carbocycles. The molecule has 1 aromatic rings. The molecule has 0 N–H and O–H groups in total. The summed E-state index contributed by atoms with van der Waals surface area (Å²) in [5, 5.41) is 0. The van der Waals surface area contributed by atoms with Gasteiger partial charge in [0.05, 0.1) is 0 Å². The predicted molar refractivity (Wildman–Crippen MR) is 66.6 cm³/mol. The quantitative estimate of drug-likeness (QED) is 0.635. The fourth-order valence-electron chi connectivity index (χ4n) is 2.94. The lowest BCUT2D eigenvalue weighted by atomic mass is 9.80. The Morgan fingerprint density at radius 2 is 1.87 bits per heavy atom. The predicted octanol–water partition coefficient (Wildman–Crippen LogP) is 4.34. The van der Waals surface area contributed by atoms with E-state index in [4.69, 9.17) is 0 Å². The molecule has 0 radical (unpaired) electrons. The van der Waals surface area contributed by atoms with Crippen LogP contribution in [0, 0.1) is 6.92 Å². The summed E-state index contributed by atoms with van der Waals surface area (Å²) in [7, 11) is 0. The minimum absolute atomic E-state index is 0.390. The van der Waals surface area contributed by atoms with Gasteiger partial charge in [0.25, 0.3) is 0 Å². The van der Waals surface area contributed by atoms with Gasteiger partial charge in [-0.25, -0.2) is 0 Å². The minimum Gasteiger partial charge on any atom is -0.0587 e. The molecule has 0 atom stereocenters. The summed E-state index contributed by atoms with van der Waals surface area (Å²) < 4.78 is 0. The first-order valence-electron chi connectivity index (χ1n) is 6.06. The molecule has 0 aromatic heterocycles. The average Bonchev–Trinajstić information content (AvgIpc) is 2.44. The molecular weight excluding hydrogens is 180 g/mol. The standard InChI is InChI=1S/C15H22/c1-10(2)12-7-6-11(3)13-8-9-15(4,5)14(12)13/h6-7,10H,8-9H2,1-5H3. The van der Waals surface area contributed by atoms with E-state index >= 15 is 0 Å². The number of fused-ring (bicyclic) bond motifs is 1. The molecule has 0 saturated carbocycles. The Hall–Kier alpha value is -0.780. The molecule has 0 fully saturated rings. The molecule has 0 nitrogen and oxygen atoms in total. The first-order chi connectivity index (χ1) is 6.93. The molecule has 1 aliphatic rings. The topological polar surface area (TPSA) is 0 Å². The lowest BCUT2D eigenvalue weighted by Crippen LogP contribution is -2.15. The molecule has 0 bridgehead atoms. The van der Waals surface area contributed by atoms with E-state index in [2.05, 4.69) is 46.8 Å². The minimum atomic E-state index is 0.390. The second kappa shape index (κ2) is 3.37. The lowest BCUT2D eigenvalue weighted by Gasteiger charge is -2.25. The summed E-state index contributed by atoms with van der Waals surface area (Å²) in [4.78, 5) is 0. The fourth-order valence-corrected chi connectivity index (χ4v) is 2.94. The number of hydrogen-bond donors (Lipinski definition) is 0. The third-order valence-corrected chi connectivity index (χ3v) is 3.88. The highest BCUT2D eigenvalue weighted by atomic mass is 14.4. The summed E-state index contributed by atoms with van der Waals surface area (Å²) in [6.45, 7) is 11.7. The van der Waals surface area contributed by atoms with Crippen LogP contribution in [-0.4, -0.2) is 0 Å². The third kappa shape index (κ3) is 1.60. The van der Waals surface area contributed by atoms with Gasteiger partial charge in [-0.3, -0.25) is 0 Å².